The maximum Gasteiger partial charge on any atom is 0.313 e. The molecule has 1 aromatic carbocycles. The van der Waals surface area contributed by atoms with Gasteiger partial charge in [0.15, 0.2) is 5.82 Å². The van der Waals surface area contributed by atoms with Gasteiger partial charge in [0, 0.05) is 18.7 Å². The summed E-state index contributed by atoms with van der Waals surface area (Å²) < 4.78 is 2.07. The van der Waals surface area contributed by atoms with Crippen LogP contribution in [0.1, 0.15) is 61.9 Å². The predicted octanol–water partition coefficient (Wildman–Crippen LogP) is 2.56. The topological polar surface area (TPSA) is 88.9 Å². The van der Waals surface area contributed by atoms with Gasteiger partial charge >= 0.3 is 11.8 Å². The van der Waals surface area contributed by atoms with Crippen LogP contribution in [0.4, 0.5) is 5.69 Å². The number of fused-ring (bicyclic) bond motifs is 2. The lowest BCUT2D eigenvalue weighted by molar-refractivity contribution is -0.136. The summed E-state index contributed by atoms with van der Waals surface area (Å²) >= 11 is 0. The largest absolute Gasteiger partial charge is 0.338 e. The molecule has 2 N–H and O–H groups in total. The van der Waals surface area contributed by atoms with Crippen molar-refractivity contribution in [2.45, 2.75) is 65.0 Å². The number of hydrogen-bond donors (Lipinski definition) is 2. The average molecular weight is 381 g/mol. The molecule has 2 heterocycles. The third-order valence-corrected chi connectivity index (χ3v) is 5.72. The molecular formula is C21H27N5O2. The molecule has 7 heteroatoms. The van der Waals surface area contributed by atoms with Crippen molar-refractivity contribution in [3.05, 3.63) is 41.0 Å². The number of rotatable bonds is 4. The van der Waals surface area contributed by atoms with Gasteiger partial charge in [-0.05, 0) is 55.2 Å². The molecule has 28 heavy (non-hydrogen) atoms. The Morgan fingerprint density at radius 2 is 1.86 bits per heavy atom. The number of aryl methyl sites for hydroxylation is 2. The van der Waals surface area contributed by atoms with Crippen LogP contribution in [0.15, 0.2) is 18.2 Å². The molecule has 7 nitrogen and oxygen atoms in total. The van der Waals surface area contributed by atoms with Crippen molar-refractivity contribution in [1.29, 1.82) is 0 Å². The average Bonchev–Trinajstić information content (AvgIpc) is 3.30. The third kappa shape index (κ3) is 3.53. The molecule has 2 amide bonds. The second kappa shape index (κ2) is 7.73. The molecule has 0 radical (unpaired) electrons. The second-order valence-electron chi connectivity index (χ2n) is 8.03. The highest BCUT2D eigenvalue weighted by atomic mass is 16.2. The van der Waals surface area contributed by atoms with Gasteiger partial charge in [-0.15, -0.1) is 10.2 Å². The first kappa shape index (κ1) is 18.7. The minimum absolute atomic E-state index is 0.0927. The van der Waals surface area contributed by atoms with Gasteiger partial charge in [0.1, 0.15) is 5.82 Å². The van der Waals surface area contributed by atoms with Crippen LogP contribution in [0.2, 0.25) is 0 Å². The van der Waals surface area contributed by atoms with Crippen LogP contribution in [0.3, 0.4) is 0 Å². The molecule has 2 aromatic rings. The van der Waals surface area contributed by atoms with Crippen LogP contribution in [0.5, 0.6) is 0 Å². The van der Waals surface area contributed by atoms with Gasteiger partial charge in [-0.1, -0.05) is 26.0 Å². The van der Waals surface area contributed by atoms with E-state index in [9.17, 15) is 9.59 Å². The van der Waals surface area contributed by atoms with Crippen molar-refractivity contribution in [2.75, 3.05) is 5.32 Å². The molecule has 0 saturated heterocycles. The summed E-state index contributed by atoms with van der Waals surface area (Å²) in [5.74, 6) is 0.513. The first-order valence-electron chi connectivity index (χ1n) is 10.2. The highest BCUT2D eigenvalue weighted by molar-refractivity contribution is 6.39. The zero-order valence-corrected chi connectivity index (χ0v) is 16.5. The maximum absolute atomic E-state index is 12.6. The smallest absolute Gasteiger partial charge is 0.313 e. The number of carbonyl (C=O) groups is 2. The third-order valence-electron chi connectivity index (χ3n) is 5.72. The Morgan fingerprint density at radius 1 is 1.04 bits per heavy atom. The molecule has 1 aliphatic carbocycles. The summed E-state index contributed by atoms with van der Waals surface area (Å²) in [6.07, 6.45) is 6.19. The first-order chi connectivity index (χ1) is 13.5. The standard InChI is InChI=1S/C21H27N5O2/c1-13(2)18(19-25-24-17-11-6-12-26(17)19)23-21(28)20(27)22-16-10-5-8-14-7-3-4-9-15(14)16/h5,8,10,13,18H,3-4,6-7,9,11-12H2,1-2H3,(H,22,27)(H,23,28)/t18-/m1/s1. The monoisotopic (exact) mass is 381 g/mol. The first-order valence-corrected chi connectivity index (χ1v) is 10.2. The van der Waals surface area contributed by atoms with Crippen molar-refractivity contribution in [3.63, 3.8) is 0 Å². The van der Waals surface area contributed by atoms with Crippen LogP contribution in [-0.4, -0.2) is 26.6 Å². The molecular weight excluding hydrogens is 354 g/mol. The van der Waals surface area contributed by atoms with Crippen molar-refractivity contribution >= 4 is 17.5 Å². The summed E-state index contributed by atoms with van der Waals surface area (Å²) in [5, 5.41) is 14.2. The number of nitrogens with zero attached hydrogens (tertiary/aromatic N) is 3. The number of amides is 2. The van der Waals surface area contributed by atoms with Crippen LogP contribution in [-0.2, 0) is 35.4 Å². The van der Waals surface area contributed by atoms with E-state index in [1.165, 1.54) is 12.0 Å². The van der Waals surface area contributed by atoms with Crippen molar-refractivity contribution in [3.8, 4) is 0 Å². The molecule has 0 saturated carbocycles. The van der Waals surface area contributed by atoms with Gasteiger partial charge in [0.25, 0.3) is 0 Å². The van der Waals surface area contributed by atoms with Crippen LogP contribution < -0.4 is 10.6 Å². The minimum Gasteiger partial charge on any atom is -0.338 e. The Kier molecular flexibility index (Phi) is 5.15. The Balaban J connectivity index is 1.48. The fourth-order valence-corrected chi connectivity index (χ4v) is 4.22. The fraction of sp³-hybridized carbons (Fsp3) is 0.524. The number of nitrogens with one attached hydrogen (secondary N) is 2. The molecule has 0 bridgehead atoms. The summed E-state index contributed by atoms with van der Waals surface area (Å²) in [7, 11) is 0. The van der Waals surface area contributed by atoms with Gasteiger partial charge in [0.2, 0.25) is 0 Å². The van der Waals surface area contributed by atoms with E-state index < -0.39 is 11.8 Å². The fourth-order valence-electron chi connectivity index (χ4n) is 4.22. The molecule has 1 atom stereocenters. The van der Waals surface area contributed by atoms with Crippen LogP contribution in [0, 0.1) is 5.92 Å². The minimum atomic E-state index is -0.637. The Labute approximate surface area is 164 Å². The lowest BCUT2D eigenvalue weighted by atomic mass is 9.90. The van der Waals surface area contributed by atoms with Crippen LogP contribution in [0.25, 0.3) is 0 Å². The molecule has 4 rings (SSSR count). The van der Waals surface area contributed by atoms with Crippen molar-refractivity contribution < 1.29 is 9.59 Å². The molecule has 0 spiro atoms. The number of carbonyl (C=O) groups excluding carboxylic acids is 2. The molecule has 148 valence electrons. The van der Waals surface area contributed by atoms with E-state index in [0.29, 0.717) is 0 Å². The molecule has 0 unspecified atom stereocenters. The SMILES string of the molecule is CC(C)[C@@H](NC(=O)C(=O)Nc1cccc2c1CCCC2)c1nnc2n1CCC2. The lowest BCUT2D eigenvalue weighted by Gasteiger charge is -2.22. The highest BCUT2D eigenvalue weighted by Gasteiger charge is 2.29. The van der Waals surface area contributed by atoms with Crippen molar-refractivity contribution in [2.24, 2.45) is 5.92 Å². The van der Waals surface area contributed by atoms with Crippen molar-refractivity contribution in [1.82, 2.24) is 20.1 Å². The van der Waals surface area contributed by atoms with E-state index >= 15 is 0 Å². The second-order valence-corrected chi connectivity index (χ2v) is 8.03. The van der Waals surface area contributed by atoms with E-state index in [0.717, 1.165) is 61.5 Å². The molecule has 1 aromatic heterocycles. The summed E-state index contributed by atoms with van der Waals surface area (Å²) in [4.78, 5) is 25.2. The Morgan fingerprint density at radius 3 is 2.68 bits per heavy atom. The number of aromatic nitrogens is 3. The van der Waals surface area contributed by atoms with Gasteiger partial charge in [-0.3, -0.25) is 9.59 Å². The summed E-state index contributed by atoms with van der Waals surface area (Å²) in [6.45, 7) is 4.87. The Hall–Kier alpha value is -2.70. The molecule has 2 aliphatic rings. The number of benzene rings is 1. The van der Waals surface area contributed by atoms with Gasteiger partial charge in [-0.25, -0.2) is 0 Å². The summed E-state index contributed by atoms with van der Waals surface area (Å²) in [5.41, 5.74) is 3.18. The van der Waals surface area contributed by atoms with E-state index in [4.69, 9.17) is 0 Å². The highest BCUT2D eigenvalue weighted by Crippen LogP contribution is 2.28. The van der Waals surface area contributed by atoms with Crippen LogP contribution >= 0.6 is 0 Å². The maximum atomic E-state index is 12.6. The normalized spacial score (nSPS) is 16.4. The van der Waals surface area contributed by atoms with Gasteiger partial charge in [0.05, 0.1) is 6.04 Å². The van der Waals surface area contributed by atoms with Gasteiger partial charge in [-0.2, -0.15) is 0 Å². The zero-order chi connectivity index (χ0) is 19.7. The molecule has 0 fully saturated rings. The van der Waals surface area contributed by atoms with E-state index in [-0.39, 0.29) is 12.0 Å². The van der Waals surface area contributed by atoms with E-state index in [2.05, 4.69) is 31.5 Å². The van der Waals surface area contributed by atoms with E-state index in [1.54, 1.807) is 0 Å². The predicted molar refractivity (Wildman–Crippen MR) is 106 cm³/mol. The Bertz CT molecular complexity index is 902. The zero-order valence-electron chi connectivity index (χ0n) is 16.5. The number of hydrogen-bond acceptors (Lipinski definition) is 4. The number of anilines is 1. The summed E-state index contributed by atoms with van der Waals surface area (Å²) in [6, 6.07) is 5.57. The van der Waals surface area contributed by atoms with Gasteiger partial charge < -0.3 is 15.2 Å². The molecule has 1 aliphatic heterocycles. The van der Waals surface area contributed by atoms with E-state index in [1.807, 2.05) is 26.0 Å². The quantitative estimate of drug-likeness (QED) is 0.797. The lowest BCUT2D eigenvalue weighted by Crippen LogP contribution is -2.40.